The van der Waals surface area contributed by atoms with Crippen LogP contribution < -0.4 is 10.9 Å². The minimum Gasteiger partial charge on any atom is -0.324 e. The van der Waals surface area contributed by atoms with Crippen molar-refractivity contribution in [2.45, 2.75) is 6.54 Å². The average Bonchev–Trinajstić information content (AvgIpc) is 2.86. The SMILES string of the molecule is O=C(Cn1nc(-c2cccc([N+](=O)[O-])c2)c2ccccc2c1=O)Nc1cccc2ccccc12. The molecule has 1 aromatic heterocycles. The molecule has 0 aliphatic heterocycles. The number of anilines is 1. The molecule has 5 aromatic rings. The van der Waals surface area contributed by atoms with Crippen LogP contribution in [-0.4, -0.2) is 20.6 Å². The number of carbonyl (C=O) groups excluding carboxylic acids is 1. The maximum atomic E-state index is 13.1. The third kappa shape index (κ3) is 3.88. The van der Waals surface area contributed by atoms with Gasteiger partial charge in [0, 0.05) is 34.2 Å². The predicted octanol–water partition coefficient (Wildman–Crippen LogP) is 4.76. The van der Waals surface area contributed by atoms with Gasteiger partial charge in [-0.25, -0.2) is 4.68 Å². The number of nitro benzene ring substituents is 1. The summed E-state index contributed by atoms with van der Waals surface area (Å²) >= 11 is 0. The van der Waals surface area contributed by atoms with E-state index in [0.717, 1.165) is 15.5 Å². The first kappa shape index (κ1) is 21.0. The van der Waals surface area contributed by atoms with Crippen LogP contribution in [0.1, 0.15) is 0 Å². The highest BCUT2D eigenvalue weighted by Crippen LogP contribution is 2.27. The van der Waals surface area contributed by atoms with Crippen molar-refractivity contribution in [2.24, 2.45) is 0 Å². The zero-order chi connectivity index (χ0) is 23.7. The topological polar surface area (TPSA) is 107 Å². The Bertz CT molecular complexity index is 1640. The third-order valence-electron chi connectivity index (χ3n) is 5.56. The molecule has 0 radical (unpaired) electrons. The van der Waals surface area contributed by atoms with Crippen molar-refractivity contribution in [3.05, 3.63) is 111 Å². The first-order chi connectivity index (χ1) is 16.5. The molecule has 4 aromatic carbocycles. The second-order valence-electron chi connectivity index (χ2n) is 7.74. The predicted molar refractivity (Wildman–Crippen MR) is 131 cm³/mol. The zero-order valence-electron chi connectivity index (χ0n) is 17.8. The fourth-order valence-electron chi connectivity index (χ4n) is 3.98. The van der Waals surface area contributed by atoms with Crippen molar-refractivity contribution in [3.63, 3.8) is 0 Å². The lowest BCUT2D eigenvalue weighted by atomic mass is 10.0. The van der Waals surface area contributed by atoms with E-state index in [4.69, 9.17) is 0 Å². The van der Waals surface area contributed by atoms with E-state index >= 15 is 0 Å². The lowest BCUT2D eigenvalue weighted by Gasteiger charge is -2.12. The van der Waals surface area contributed by atoms with Gasteiger partial charge in [-0.1, -0.05) is 66.7 Å². The number of carbonyl (C=O) groups is 1. The number of benzene rings is 4. The minimum atomic E-state index is -0.487. The molecule has 1 heterocycles. The molecular weight excluding hydrogens is 432 g/mol. The summed E-state index contributed by atoms with van der Waals surface area (Å²) in [6.45, 7) is -0.311. The standard InChI is InChI=1S/C26H18N4O4/c31-24(27-23-14-6-8-17-7-1-2-11-20(17)23)16-29-26(32)22-13-4-3-12-21(22)25(28-29)18-9-5-10-19(15-18)30(33)34/h1-15H,16H2,(H,27,31). The van der Waals surface area contributed by atoms with Crippen LogP contribution in [0.25, 0.3) is 32.8 Å². The summed E-state index contributed by atoms with van der Waals surface area (Å²) in [5.74, 6) is -0.411. The Kier molecular flexibility index (Phi) is 5.31. The third-order valence-corrected chi connectivity index (χ3v) is 5.56. The normalized spacial score (nSPS) is 10.9. The van der Waals surface area contributed by atoms with Gasteiger partial charge in [-0.3, -0.25) is 19.7 Å². The highest BCUT2D eigenvalue weighted by Gasteiger charge is 2.16. The van der Waals surface area contributed by atoms with Gasteiger partial charge in [0.05, 0.1) is 16.0 Å². The van der Waals surface area contributed by atoms with E-state index in [1.807, 2.05) is 36.4 Å². The Morgan fingerprint density at radius 2 is 1.56 bits per heavy atom. The lowest BCUT2D eigenvalue weighted by molar-refractivity contribution is -0.384. The average molecular weight is 450 g/mol. The van der Waals surface area contributed by atoms with Crippen LogP contribution in [-0.2, 0) is 11.3 Å². The molecule has 5 rings (SSSR count). The summed E-state index contributed by atoms with van der Waals surface area (Å²) in [6.07, 6.45) is 0. The van der Waals surface area contributed by atoms with E-state index in [2.05, 4.69) is 10.4 Å². The number of nitro groups is 1. The van der Waals surface area contributed by atoms with E-state index in [-0.39, 0.29) is 12.2 Å². The number of hydrogen-bond acceptors (Lipinski definition) is 5. The molecular formula is C26H18N4O4. The quantitative estimate of drug-likeness (QED) is 0.307. The van der Waals surface area contributed by atoms with E-state index in [1.54, 1.807) is 42.5 Å². The highest BCUT2D eigenvalue weighted by atomic mass is 16.6. The molecule has 0 unspecified atom stereocenters. The van der Waals surface area contributed by atoms with Crippen LogP contribution in [0.2, 0.25) is 0 Å². The van der Waals surface area contributed by atoms with Crippen molar-refractivity contribution in [3.8, 4) is 11.3 Å². The van der Waals surface area contributed by atoms with Crippen molar-refractivity contribution in [1.29, 1.82) is 0 Å². The van der Waals surface area contributed by atoms with Crippen LogP contribution in [0.3, 0.4) is 0 Å². The van der Waals surface area contributed by atoms with Gasteiger partial charge >= 0.3 is 0 Å². The molecule has 0 bridgehead atoms. The zero-order valence-corrected chi connectivity index (χ0v) is 17.8. The Hall–Kier alpha value is -4.85. The molecule has 0 aliphatic carbocycles. The molecule has 1 amide bonds. The molecule has 166 valence electrons. The van der Waals surface area contributed by atoms with Gasteiger partial charge in [0.25, 0.3) is 11.2 Å². The number of nitrogens with one attached hydrogen (secondary N) is 1. The van der Waals surface area contributed by atoms with Gasteiger partial charge in [-0.2, -0.15) is 5.10 Å². The van der Waals surface area contributed by atoms with Crippen molar-refractivity contribution >= 4 is 38.8 Å². The summed E-state index contributed by atoms with van der Waals surface area (Å²) in [4.78, 5) is 36.8. The molecule has 8 heteroatoms. The minimum absolute atomic E-state index is 0.0881. The molecule has 0 atom stereocenters. The van der Waals surface area contributed by atoms with Crippen LogP contribution in [0.5, 0.6) is 0 Å². The molecule has 34 heavy (non-hydrogen) atoms. The maximum Gasteiger partial charge on any atom is 0.275 e. The number of fused-ring (bicyclic) bond motifs is 2. The number of hydrogen-bond donors (Lipinski definition) is 1. The second-order valence-corrected chi connectivity index (χ2v) is 7.74. The molecule has 0 spiro atoms. The molecule has 8 nitrogen and oxygen atoms in total. The molecule has 1 N–H and O–H groups in total. The van der Waals surface area contributed by atoms with E-state index in [1.165, 1.54) is 12.1 Å². The number of rotatable bonds is 5. The number of nitrogens with zero attached hydrogens (tertiary/aromatic N) is 3. The van der Waals surface area contributed by atoms with Gasteiger partial charge < -0.3 is 5.32 Å². The summed E-state index contributed by atoms with van der Waals surface area (Å²) in [5, 5.41) is 21.3. The van der Waals surface area contributed by atoms with Crippen LogP contribution >= 0.6 is 0 Å². The fraction of sp³-hybridized carbons (Fsp3) is 0.0385. The van der Waals surface area contributed by atoms with Gasteiger partial charge in [-0.15, -0.1) is 0 Å². The Morgan fingerprint density at radius 3 is 2.35 bits per heavy atom. The van der Waals surface area contributed by atoms with E-state index in [9.17, 15) is 19.7 Å². The van der Waals surface area contributed by atoms with Crippen LogP contribution in [0, 0.1) is 10.1 Å². The number of amides is 1. The molecule has 0 aliphatic rings. The van der Waals surface area contributed by atoms with Crippen molar-refractivity contribution in [1.82, 2.24) is 9.78 Å². The Labute approximate surface area is 193 Å². The summed E-state index contributed by atoms with van der Waals surface area (Å²) in [6, 6.07) is 26.2. The van der Waals surface area contributed by atoms with Crippen molar-refractivity contribution < 1.29 is 9.72 Å². The van der Waals surface area contributed by atoms with Crippen molar-refractivity contribution in [2.75, 3.05) is 5.32 Å². The summed E-state index contributed by atoms with van der Waals surface area (Å²) < 4.78 is 1.09. The highest BCUT2D eigenvalue weighted by molar-refractivity contribution is 6.02. The monoisotopic (exact) mass is 450 g/mol. The second kappa shape index (κ2) is 8.59. The lowest BCUT2D eigenvalue weighted by Crippen LogP contribution is -2.30. The summed E-state index contributed by atoms with van der Waals surface area (Å²) in [7, 11) is 0. The molecule has 0 saturated carbocycles. The smallest absolute Gasteiger partial charge is 0.275 e. The van der Waals surface area contributed by atoms with E-state index < -0.39 is 16.4 Å². The number of aromatic nitrogens is 2. The van der Waals surface area contributed by atoms with E-state index in [0.29, 0.717) is 27.7 Å². The first-order valence-electron chi connectivity index (χ1n) is 10.5. The maximum absolute atomic E-state index is 13.1. The van der Waals surface area contributed by atoms with Crippen LogP contribution in [0.4, 0.5) is 11.4 Å². The summed E-state index contributed by atoms with van der Waals surface area (Å²) in [5.41, 5.74) is 0.994. The van der Waals surface area contributed by atoms with Gasteiger partial charge in [-0.05, 0) is 17.5 Å². The molecule has 0 saturated heterocycles. The van der Waals surface area contributed by atoms with Gasteiger partial charge in [0.2, 0.25) is 5.91 Å². The van der Waals surface area contributed by atoms with Gasteiger partial charge in [0.15, 0.2) is 0 Å². The first-order valence-corrected chi connectivity index (χ1v) is 10.5. The van der Waals surface area contributed by atoms with Gasteiger partial charge in [0.1, 0.15) is 6.54 Å². The Morgan fingerprint density at radius 1 is 0.882 bits per heavy atom. The fourth-order valence-corrected chi connectivity index (χ4v) is 3.98. The Balaban J connectivity index is 1.55. The number of non-ortho nitro benzene ring substituents is 1. The largest absolute Gasteiger partial charge is 0.324 e. The molecule has 0 fully saturated rings. The van der Waals surface area contributed by atoms with Crippen LogP contribution in [0.15, 0.2) is 95.8 Å².